The summed E-state index contributed by atoms with van der Waals surface area (Å²) in [5.41, 5.74) is 4.52. The van der Waals surface area contributed by atoms with Gasteiger partial charge in [-0.3, -0.25) is 9.36 Å². The van der Waals surface area contributed by atoms with Crippen LogP contribution in [0.4, 0.5) is 5.69 Å². The van der Waals surface area contributed by atoms with E-state index < -0.39 is 0 Å². The van der Waals surface area contributed by atoms with Gasteiger partial charge in [-0.15, -0.1) is 11.3 Å². The summed E-state index contributed by atoms with van der Waals surface area (Å²) in [7, 11) is 0. The first-order chi connectivity index (χ1) is 16.2. The van der Waals surface area contributed by atoms with Gasteiger partial charge in [-0.05, 0) is 48.1 Å². The van der Waals surface area contributed by atoms with Crippen molar-refractivity contribution in [2.45, 2.75) is 13.0 Å². The second-order valence-corrected chi connectivity index (χ2v) is 9.65. The van der Waals surface area contributed by atoms with Crippen LogP contribution in [-0.2, 0) is 13.0 Å². The van der Waals surface area contributed by atoms with Crippen molar-refractivity contribution in [3.05, 3.63) is 70.4 Å². The fourth-order valence-corrected chi connectivity index (χ4v) is 5.82. The highest BCUT2D eigenvalue weighted by atomic mass is 32.1. The third kappa shape index (κ3) is 3.20. The predicted octanol–water partition coefficient (Wildman–Crippen LogP) is 2.76. The van der Waals surface area contributed by atoms with E-state index in [1.54, 1.807) is 29.7 Å². The van der Waals surface area contributed by atoms with Crippen LogP contribution in [0.5, 0.6) is 0 Å². The van der Waals surface area contributed by atoms with Crippen LogP contribution in [0.15, 0.2) is 57.7 Å². The molecule has 1 unspecified atom stereocenters. The van der Waals surface area contributed by atoms with Gasteiger partial charge >= 0.3 is 0 Å². The highest BCUT2D eigenvalue weighted by Gasteiger charge is 2.55. The number of aromatic nitrogens is 6. The molecular weight excluding hydrogens is 438 g/mol. The summed E-state index contributed by atoms with van der Waals surface area (Å²) in [5, 5.41) is 4.64. The van der Waals surface area contributed by atoms with Gasteiger partial charge in [0.05, 0.1) is 21.1 Å². The average Bonchev–Trinajstić information content (AvgIpc) is 3.33. The van der Waals surface area contributed by atoms with E-state index in [0.717, 1.165) is 25.0 Å². The Morgan fingerprint density at radius 3 is 2.94 bits per heavy atom. The lowest BCUT2D eigenvalue weighted by molar-refractivity contribution is 0.363. The zero-order valence-corrected chi connectivity index (χ0v) is 18.4. The molecule has 33 heavy (non-hydrogen) atoms. The minimum atomic E-state index is -0.166. The molecule has 164 valence electrons. The number of rotatable bonds is 5. The maximum absolute atomic E-state index is 12.7. The Balaban J connectivity index is 1.01. The largest absolute Gasteiger partial charge is 0.371 e. The molecule has 1 saturated heterocycles. The minimum Gasteiger partial charge on any atom is -0.371 e. The Morgan fingerprint density at radius 1 is 1.12 bits per heavy atom. The Kier molecular flexibility index (Phi) is 4.10. The summed E-state index contributed by atoms with van der Waals surface area (Å²) in [6, 6.07) is 9.98. The lowest BCUT2D eigenvalue weighted by atomic mass is 10.1. The predicted molar refractivity (Wildman–Crippen MR) is 123 cm³/mol. The number of hydrogen-bond acceptors (Lipinski definition) is 9. The molecular formula is C23H19N7O2S. The first-order valence-corrected chi connectivity index (χ1v) is 11.8. The number of anilines is 1. The molecule has 7 rings (SSSR count). The molecule has 3 atom stereocenters. The van der Waals surface area contributed by atoms with Crippen LogP contribution < -0.4 is 10.5 Å². The molecule has 0 spiro atoms. The van der Waals surface area contributed by atoms with Crippen molar-refractivity contribution in [1.29, 1.82) is 0 Å². The lowest BCUT2D eigenvalue weighted by Crippen LogP contribution is -2.24. The number of piperidine rings is 1. The first-order valence-electron chi connectivity index (χ1n) is 10.9. The van der Waals surface area contributed by atoms with Crippen LogP contribution in [0, 0.1) is 17.8 Å². The van der Waals surface area contributed by atoms with Crippen molar-refractivity contribution in [1.82, 2.24) is 29.7 Å². The Morgan fingerprint density at radius 2 is 2.03 bits per heavy atom. The standard InChI is InChI=1S/C23H19N7O2S/c31-23-14-2-1-5-24-22(14)25-11-30(23)10-21-27-20(28-32-21)7-15-16-8-29(9-17(15)16)13-3-4-18-19(6-13)33-12-26-18/h1-6,11-12,15-17H,7-10H2/t15?,16-,17+. The summed E-state index contributed by atoms with van der Waals surface area (Å²) >= 11 is 1.69. The second-order valence-electron chi connectivity index (χ2n) is 8.76. The molecule has 0 radical (unpaired) electrons. The first kappa shape index (κ1) is 18.9. The van der Waals surface area contributed by atoms with Gasteiger partial charge in [0.15, 0.2) is 11.5 Å². The third-order valence-electron chi connectivity index (χ3n) is 6.88. The van der Waals surface area contributed by atoms with Crippen LogP contribution in [0.1, 0.15) is 11.7 Å². The van der Waals surface area contributed by atoms with Crippen molar-refractivity contribution in [2.75, 3.05) is 18.0 Å². The van der Waals surface area contributed by atoms with Crippen LogP contribution in [0.2, 0.25) is 0 Å². The van der Waals surface area contributed by atoms with Crippen molar-refractivity contribution in [3.63, 3.8) is 0 Å². The fraction of sp³-hybridized carbons (Fsp3) is 0.304. The summed E-state index contributed by atoms with van der Waals surface area (Å²) in [5.74, 6) is 3.07. The number of pyridine rings is 1. The highest BCUT2D eigenvalue weighted by Crippen LogP contribution is 2.53. The number of fused-ring (bicyclic) bond motifs is 3. The van der Waals surface area contributed by atoms with Gasteiger partial charge in [-0.1, -0.05) is 5.16 Å². The van der Waals surface area contributed by atoms with Crippen LogP contribution >= 0.6 is 11.3 Å². The molecule has 1 aromatic carbocycles. The van der Waals surface area contributed by atoms with Gasteiger partial charge < -0.3 is 9.42 Å². The topological polar surface area (TPSA) is 103 Å². The van der Waals surface area contributed by atoms with E-state index in [9.17, 15) is 4.79 Å². The zero-order valence-electron chi connectivity index (χ0n) is 17.5. The van der Waals surface area contributed by atoms with Gasteiger partial charge in [0, 0.05) is 31.4 Å². The summed E-state index contributed by atoms with van der Waals surface area (Å²) in [4.78, 5) is 32.4. The molecule has 9 nitrogen and oxygen atoms in total. The minimum absolute atomic E-state index is 0.166. The molecule has 2 aliphatic rings. The molecule has 0 amide bonds. The summed E-state index contributed by atoms with van der Waals surface area (Å²) < 4.78 is 8.14. The molecule has 5 heterocycles. The molecule has 1 aliphatic heterocycles. The highest BCUT2D eigenvalue weighted by molar-refractivity contribution is 7.16. The molecule has 10 heteroatoms. The van der Waals surface area contributed by atoms with Crippen LogP contribution in [0.25, 0.3) is 21.3 Å². The quantitative estimate of drug-likeness (QED) is 0.397. The van der Waals surface area contributed by atoms with E-state index in [0.29, 0.717) is 40.5 Å². The van der Waals surface area contributed by atoms with Crippen molar-refractivity contribution >= 4 is 38.3 Å². The number of hydrogen-bond donors (Lipinski definition) is 0. The number of benzene rings is 1. The second kappa shape index (κ2) is 7.17. The van der Waals surface area contributed by atoms with E-state index in [1.807, 2.05) is 5.51 Å². The molecule has 0 N–H and O–H groups in total. The molecule has 4 aromatic heterocycles. The molecule has 1 saturated carbocycles. The molecule has 1 aliphatic carbocycles. The van der Waals surface area contributed by atoms with Gasteiger partial charge in [0.1, 0.15) is 12.9 Å². The molecule has 2 fully saturated rings. The van der Waals surface area contributed by atoms with Gasteiger partial charge in [0.2, 0.25) is 5.89 Å². The third-order valence-corrected chi connectivity index (χ3v) is 7.67. The van der Waals surface area contributed by atoms with Gasteiger partial charge in [-0.2, -0.15) is 4.98 Å². The fourth-order valence-electron chi connectivity index (χ4n) is 5.11. The van der Waals surface area contributed by atoms with Crippen molar-refractivity contribution in [3.8, 4) is 0 Å². The van der Waals surface area contributed by atoms with Crippen LogP contribution in [0.3, 0.4) is 0 Å². The number of nitrogens with zero attached hydrogens (tertiary/aromatic N) is 7. The van der Waals surface area contributed by atoms with Crippen molar-refractivity contribution in [2.24, 2.45) is 17.8 Å². The Labute approximate surface area is 191 Å². The van der Waals surface area contributed by atoms with E-state index >= 15 is 0 Å². The number of thiazole rings is 1. The Bertz CT molecular complexity index is 1550. The van der Waals surface area contributed by atoms with E-state index in [1.165, 1.54) is 21.3 Å². The maximum atomic E-state index is 12.7. The lowest BCUT2D eigenvalue weighted by Gasteiger charge is -2.21. The van der Waals surface area contributed by atoms with E-state index in [4.69, 9.17) is 4.52 Å². The summed E-state index contributed by atoms with van der Waals surface area (Å²) in [6.07, 6.45) is 3.91. The molecule has 0 bridgehead atoms. The smallest absolute Gasteiger partial charge is 0.263 e. The average molecular weight is 458 g/mol. The molecule has 5 aromatic rings. The Hall–Kier alpha value is -3.66. The monoisotopic (exact) mass is 457 g/mol. The van der Waals surface area contributed by atoms with Crippen molar-refractivity contribution < 1.29 is 4.52 Å². The van der Waals surface area contributed by atoms with E-state index in [2.05, 4.69) is 48.2 Å². The SMILES string of the molecule is O=c1c2cccnc2ncn1Cc1nc(CC2[C@H]3CN(c4ccc5ncsc5c4)C[C@@H]23)no1. The van der Waals surface area contributed by atoms with Crippen LogP contribution in [-0.4, -0.2) is 42.7 Å². The summed E-state index contributed by atoms with van der Waals surface area (Å²) in [6.45, 7) is 2.34. The zero-order chi connectivity index (χ0) is 21.9. The van der Waals surface area contributed by atoms with Gasteiger partial charge in [-0.25, -0.2) is 15.0 Å². The van der Waals surface area contributed by atoms with E-state index in [-0.39, 0.29) is 12.1 Å². The maximum Gasteiger partial charge on any atom is 0.263 e. The normalized spacial score (nSPS) is 21.7. The van der Waals surface area contributed by atoms with Gasteiger partial charge in [0.25, 0.3) is 5.56 Å².